The van der Waals surface area contributed by atoms with Gasteiger partial charge in [-0.1, -0.05) is 18.6 Å². The van der Waals surface area contributed by atoms with Crippen molar-refractivity contribution in [1.82, 2.24) is 4.90 Å². The van der Waals surface area contributed by atoms with Gasteiger partial charge >= 0.3 is 0 Å². The summed E-state index contributed by atoms with van der Waals surface area (Å²) in [5, 5.41) is 0. The Morgan fingerprint density at radius 2 is 2.00 bits per heavy atom. The van der Waals surface area contributed by atoms with Crippen LogP contribution in [0.1, 0.15) is 29.6 Å². The van der Waals surface area contributed by atoms with Crippen LogP contribution in [0.5, 0.6) is 0 Å². The van der Waals surface area contributed by atoms with E-state index >= 15 is 0 Å². The van der Waals surface area contributed by atoms with Crippen molar-refractivity contribution in [2.24, 2.45) is 0 Å². The van der Waals surface area contributed by atoms with Gasteiger partial charge in [-0.15, -0.1) is 11.6 Å². The number of rotatable bonds is 6. The van der Waals surface area contributed by atoms with Crippen LogP contribution in [0.3, 0.4) is 0 Å². The highest BCUT2D eigenvalue weighted by atomic mass is 35.5. The number of unbranched alkanes of at least 4 members (excludes halogenated alkanes) is 2. The highest BCUT2D eigenvalue weighted by Crippen LogP contribution is 2.10. The number of alkyl halides is 1. The molecule has 0 N–H and O–H groups in total. The van der Waals surface area contributed by atoms with Gasteiger partial charge in [0.15, 0.2) is 0 Å². The molecule has 0 unspecified atom stereocenters. The molecule has 0 atom stereocenters. The molecule has 0 fully saturated rings. The van der Waals surface area contributed by atoms with Crippen molar-refractivity contribution >= 4 is 17.5 Å². The Balaban J connectivity index is 2.49. The second-order valence-electron chi connectivity index (χ2n) is 3.96. The molecule has 0 aliphatic heterocycles. The number of halogens is 2. The summed E-state index contributed by atoms with van der Waals surface area (Å²) in [6.45, 7) is 0.629. The highest BCUT2D eigenvalue weighted by molar-refractivity contribution is 6.17. The van der Waals surface area contributed by atoms with Crippen molar-refractivity contribution in [3.8, 4) is 0 Å². The summed E-state index contributed by atoms with van der Waals surface area (Å²) >= 11 is 5.57. The molecule has 0 spiro atoms. The van der Waals surface area contributed by atoms with Crippen LogP contribution in [-0.4, -0.2) is 30.3 Å². The smallest absolute Gasteiger partial charge is 0.256 e. The summed E-state index contributed by atoms with van der Waals surface area (Å²) in [7, 11) is 1.69. The fraction of sp³-hybridized carbons (Fsp3) is 0.462. The summed E-state index contributed by atoms with van der Waals surface area (Å²) in [6.07, 6.45) is 2.82. The molecule has 1 amide bonds. The quantitative estimate of drug-likeness (QED) is 0.566. The Labute approximate surface area is 106 Å². The van der Waals surface area contributed by atoms with Crippen LogP contribution in [0.4, 0.5) is 4.39 Å². The van der Waals surface area contributed by atoms with E-state index < -0.39 is 5.82 Å². The predicted molar refractivity (Wildman–Crippen MR) is 67.9 cm³/mol. The number of hydrogen-bond acceptors (Lipinski definition) is 1. The minimum atomic E-state index is -0.467. The molecule has 0 aliphatic rings. The summed E-state index contributed by atoms with van der Waals surface area (Å²) in [6, 6.07) is 6.05. The number of benzene rings is 1. The number of amides is 1. The zero-order chi connectivity index (χ0) is 12.7. The lowest BCUT2D eigenvalue weighted by atomic mass is 10.2. The van der Waals surface area contributed by atoms with Crippen LogP contribution in [0.2, 0.25) is 0 Å². The van der Waals surface area contributed by atoms with Gasteiger partial charge in [0.2, 0.25) is 0 Å². The maximum Gasteiger partial charge on any atom is 0.256 e. The van der Waals surface area contributed by atoms with Crippen molar-refractivity contribution in [2.45, 2.75) is 19.3 Å². The minimum Gasteiger partial charge on any atom is -0.342 e. The SMILES string of the molecule is CN(CCCCCCl)C(=O)c1ccccc1F. The highest BCUT2D eigenvalue weighted by Gasteiger charge is 2.14. The van der Waals surface area contributed by atoms with Gasteiger partial charge in [-0.3, -0.25) is 4.79 Å². The van der Waals surface area contributed by atoms with Crippen LogP contribution >= 0.6 is 11.6 Å². The molecular weight excluding hydrogens is 241 g/mol. The molecule has 0 bridgehead atoms. The molecule has 2 nitrogen and oxygen atoms in total. The maximum atomic E-state index is 13.4. The second-order valence-corrected chi connectivity index (χ2v) is 4.33. The molecule has 0 saturated carbocycles. The average molecular weight is 258 g/mol. The van der Waals surface area contributed by atoms with Gasteiger partial charge in [0.1, 0.15) is 5.82 Å². The van der Waals surface area contributed by atoms with E-state index in [9.17, 15) is 9.18 Å². The number of nitrogens with zero attached hydrogens (tertiary/aromatic N) is 1. The lowest BCUT2D eigenvalue weighted by molar-refractivity contribution is 0.0788. The first kappa shape index (κ1) is 14.0. The van der Waals surface area contributed by atoms with Crippen LogP contribution in [0.15, 0.2) is 24.3 Å². The normalized spacial score (nSPS) is 10.3. The Kier molecular flexibility index (Phi) is 5.98. The van der Waals surface area contributed by atoms with Crippen molar-refractivity contribution < 1.29 is 9.18 Å². The van der Waals surface area contributed by atoms with Gasteiger partial charge in [-0.05, 0) is 25.0 Å². The second kappa shape index (κ2) is 7.28. The predicted octanol–water partition coefficient (Wildman–Crippen LogP) is 3.31. The summed E-state index contributed by atoms with van der Waals surface area (Å²) < 4.78 is 13.4. The number of carbonyl (C=O) groups excluding carboxylic acids is 1. The lowest BCUT2D eigenvalue weighted by Crippen LogP contribution is -2.28. The van der Waals surface area contributed by atoms with E-state index in [1.165, 1.54) is 12.1 Å². The first-order valence-electron chi connectivity index (χ1n) is 5.72. The van der Waals surface area contributed by atoms with Crippen molar-refractivity contribution in [3.63, 3.8) is 0 Å². The third kappa shape index (κ3) is 4.35. The molecule has 94 valence electrons. The number of carbonyl (C=O) groups is 1. The summed E-state index contributed by atoms with van der Waals surface area (Å²) in [4.78, 5) is 13.4. The molecule has 1 aromatic rings. The van der Waals surface area contributed by atoms with Crippen LogP contribution < -0.4 is 0 Å². The average Bonchev–Trinajstić information content (AvgIpc) is 2.34. The molecule has 0 aliphatic carbocycles. The monoisotopic (exact) mass is 257 g/mol. The van der Waals surface area contributed by atoms with Crippen molar-refractivity contribution in [2.75, 3.05) is 19.5 Å². The minimum absolute atomic E-state index is 0.132. The topological polar surface area (TPSA) is 20.3 Å². The zero-order valence-electron chi connectivity index (χ0n) is 9.96. The van der Waals surface area contributed by atoms with Gasteiger partial charge in [-0.2, -0.15) is 0 Å². The summed E-state index contributed by atoms with van der Waals surface area (Å²) in [5.74, 6) is -0.0931. The molecule has 0 aromatic heterocycles. The van der Waals surface area contributed by atoms with Gasteiger partial charge in [-0.25, -0.2) is 4.39 Å². The third-order valence-corrected chi connectivity index (χ3v) is 2.85. The van der Waals surface area contributed by atoms with E-state index in [1.54, 1.807) is 24.1 Å². The first-order valence-corrected chi connectivity index (χ1v) is 6.26. The lowest BCUT2D eigenvalue weighted by Gasteiger charge is -2.17. The van der Waals surface area contributed by atoms with Crippen molar-refractivity contribution in [1.29, 1.82) is 0 Å². The van der Waals surface area contributed by atoms with E-state index in [1.807, 2.05) is 0 Å². The van der Waals surface area contributed by atoms with Crippen LogP contribution in [0, 0.1) is 5.82 Å². The van der Waals surface area contributed by atoms with Gasteiger partial charge < -0.3 is 4.90 Å². The van der Waals surface area contributed by atoms with E-state index in [0.717, 1.165) is 19.3 Å². The number of hydrogen-bond donors (Lipinski definition) is 0. The molecule has 4 heteroatoms. The Hall–Kier alpha value is -1.09. The third-order valence-electron chi connectivity index (χ3n) is 2.58. The first-order chi connectivity index (χ1) is 8.16. The van der Waals surface area contributed by atoms with Gasteiger partial charge in [0, 0.05) is 19.5 Å². The molecule has 1 rings (SSSR count). The maximum absolute atomic E-state index is 13.4. The van der Waals surface area contributed by atoms with Gasteiger partial charge in [0.05, 0.1) is 5.56 Å². The fourth-order valence-corrected chi connectivity index (χ4v) is 1.75. The van der Waals surface area contributed by atoms with E-state index in [4.69, 9.17) is 11.6 Å². The summed E-state index contributed by atoms with van der Waals surface area (Å²) in [5.41, 5.74) is 0.132. The van der Waals surface area contributed by atoms with Gasteiger partial charge in [0.25, 0.3) is 5.91 Å². The molecule has 1 aromatic carbocycles. The Bertz CT molecular complexity index is 370. The standard InChI is InChI=1S/C13H17ClFNO/c1-16(10-6-2-5-9-14)13(17)11-7-3-4-8-12(11)15/h3-4,7-8H,2,5-6,9-10H2,1H3. The van der Waals surface area contributed by atoms with E-state index in [2.05, 4.69) is 0 Å². The molecular formula is C13H17ClFNO. The Morgan fingerprint density at radius 3 is 2.65 bits per heavy atom. The van der Waals surface area contributed by atoms with Crippen LogP contribution in [0.25, 0.3) is 0 Å². The van der Waals surface area contributed by atoms with E-state index in [0.29, 0.717) is 12.4 Å². The molecule has 0 heterocycles. The van der Waals surface area contributed by atoms with Crippen molar-refractivity contribution in [3.05, 3.63) is 35.6 Å². The van der Waals surface area contributed by atoms with Crippen LogP contribution in [-0.2, 0) is 0 Å². The Morgan fingerprint density at radius 1 is 1.29 bits per heavy atom. The molecule has 17 heavy (non-hydrogen) atoms. The zero-order valence-corrected chi connectivity index (χ0v) is 10.7. The molecule has 0 radical (unpaired) electrons. The van der Waals surface area contributed by atoms with E-state index in [-0.39, 0.29) is 11.5 Å². The largest absolute Gasteiger partial charge is 0.342 e. The molecule has 0 saturated heterocycles. The fourth-order valence-electron chi connectivity index (χ4n) is 1.56.